The Hall–Kier alpha value is -2.56. The van der Waals surface area contributed by atoms with E-state index >= 15 is 0 Å². The largest absolute Gasteiger partial charge is 0.481 e. The lowest BCUT2D eigenvalue weighted by Gasteiger charge is -2.12. The molecule has 0 saturated heterocycles. The van der Waals surface area contributed by atoms with Crippen molar-refractivity contribution in [2.75, 3.05) is 0 Å². The van der Waals surface area contributed by atoms with Crippen LogP contribution < -0.4 is 0 Å². The minimum atomic E-state index is -1.04. The first kappa shape index (κ1) is 14.8. The van der Waals surface area contributed by atoms with Gasteiger partial charge in [0, 0.05) is 23.5 Å². The maximum atomic E-state index is 11.4. The zero-order valence-corrected chi connectivity index (χ0v) is 12.0. The molecule has 110 valence electrons. The number of hydrogen-bond donors (Lipinski definition) is 2. The lowest BCUT2D eigenvalue weighted by atomic mass is 10.0. The summed E-state index contributed by atoms with van der Waals surface area (Å²) in [6.45, 7) is 3.90. The second-order valence-corrected chi connectivity index (χ2v) is 4.99. The lowest BCUT2D eigenvalue weighted by molar-refractivity contribution is -0.136. The number of carboxylic acid groups (broad SMARTS) is 2. The quantitative estimate of drug-likeness (QED) is 0.886. The number of aryl methyl sites for hydroxylation is 3. The number of carboxylic acids is 2. The molecule has 5 nitrogen and oxygen atoms in total. The van der Waals surface area contributed by atoms with E-state index in [1.165, 1.54) is 0 Å². The molecule has 2 rings (SSSR count). The van der Waals surface area contributed by atoms with Crippen LogP contribution in [0.5, 0.6) is 0 Å². The summed E-state index contributed by atoms with van der Waals surface area (Å²) < 4.78 is 1.97. The monoisotopic (exact) mass is 287 g/mol. The first-order valence-electron chi connectivity index (χ1n) is 6.63. The molecule has 0 amide bonds. The molecule has 0 fully saturated rings. The minimum Gasteiger partial charge on any atom is -0.481 e. The normalized spacial score (nSPS) is 10.6. The van der Waals surface area contributed by atoms with E-state index in [1.54, 1.807) is 12.1 Å². The molecule has 0 unspecified atom stereocenters. The molecule has 21 heavy (non-hydrogen) atoms. The van der Waals surface area contributed by atoms with Crippen LogP contribution in [0.15, 0.2) is 30.3 Å². The van der Waals surface area contributed by atoms with E-state index in [9.17, 15) is 14.7 Å². The molecule has 1 heterocycles. The third kappa shape index (κ3) is 3.13. The number of aliphatic carboxylic acids is 1. The maximum Gasteiger partial charge on any atom is 0.336 e. The van der Waals surface area contributed by atoms with Crippen LogP contribution in [0, 0.1) is 13.8 Å². The van der Waals surface area contributed by atoms with Crippen LogP contribution in [-0.2, 0) is 11.2 Å². The Morgan fingerprint density at radius 3 is 2.19 bits per heavy atom. The van der Waals surface area contributed by atoms with Crippen LogP contribution in [0.25, 0.3) is 5.69 Å². The van der Waals surface area contributed by atoms with Crippen molar-refractivity contribution in [1.29, 1.82) is 0 Å². The number of hydrogen-bond acceptors (Lipinski definition) is 2. The van der Waals surface area contributed by atoms with E-state index in [1.807, 2.05) is 36.6 Å². The summed E-state index contributed by atoms with van der Waals surface area (Å²) in [5.74, 6) is -1.98. The van der Waals surface area contributed by atoms with Crippen molar-refractivity contribution in [1.82, 2.24) is 4.57 Å². The van der Waals surface area contributed by atoms with Gasteiger partial charge < -0.3 is 14.8 Å². The molecule has 0 aliphatic rings. The van der Waals surface area contributed by atoms with Crippen LogP contribution in [0.2, 0.25) is 0 Å². The van der Waals surface area contributed by atoms with E-state index in [0.717, 1.165) is 17.1 Å². The molecular weight excluding hydrogens is 270 g/mol. The van der Waals surface area contributed by atoms with E-state index in [2.05, 4.69) is 0 Å². The Kier molecular flexibility index (Phi) is 4.12. The summed E-state index contributed by atoms with van der Waals surface area (Å²) in [6, 6.07) is 9.05. The Morgan fingerprint density at radius 2 is 1.67 bits per heavy atom. The molecule has 2 aromatic rings. The van der Waals surface area contributed by atoms with Crippen LogP contribution in [0.3, 0.4) is 0 Å². The van der Waals surface area contributed by atoms with Gasteiger partial charge in [-0.2, -0.15) is 0 Å². The van der Waals surface area contributed by atoms with Gasteiger partial charge in [-0.3, -0.25) is 4.79 Å². The van der Waals surface area contributed by atoms with Crippen molar-refractivity contribution in [3.8, 4) is 5.69 Å². The van der Waals surface area contributed by atoms with Gasteiger partial charge in [-0.25, -0.2) is 4.79 Å². The molecule has 0 bridgehead atoms. The predicted molar refractivity (Wildman–Crippen MR) is 78.2 cm³/mol. The van der Waals surface area contributed by atoms with Crippen molar-refractivity contribution >= 4 is 11.9 Å². The highest BCUT2D eigenvalue weighted by molar-refractivity contribution is 5.90. The molecule has 0 aliphatic carbocycles. The number of carbonyl (C=O) groups is 2. The van der Waals surface area contributed by atoms with E-state index in [-0.39, 0.29) is 18.4 Å². The first-order chi connectivity index (χ1) is 9.90. The Bertz CT molecular complexity index is 681. The number of nitrogens with zero attached hydrogens (tertiary/aromatic N) is 1. The molecule has 1 aromatic carbocycles. The smallest absolute Gasteiger partial charge is 0.336 e. The minimum absolute atomic E-state index is 0.0821. The molecule has 0 atom stereocenters. The number of aromatic carboxylic acids is 1. The highest BCUT2D eigenvalue weighted by Crippen LogP contribution is 2.21. The molecule has 0 radical (unpaired) electrons. The third-order valence-electron chi connectivity index (χ3n) is 3.46. The Balaban J connectivity index is 2.45. The Morgan fingerprint density at radius 1 is 1.05 bits per heavy atom. The predicted octanol–water partition coefficient (Wildman–Crippen LogP) is 2.81. The van der Waals surface area contributed by atoms with Gasteiger partial charge in [0.15, 0.2) is 0 Å². The fourth-order valence-corrected chi connectivity index (χ4v) is 2.44. The molecule has 0 spiro atoms. The zero-order valence-electron chi connectivity index (χ0n) is 12.0. The highest BCUT2D eigenvalue weighted by Gasteiger charge is 2.14. The van der Waals surface area contributed by atoms with Gasteiger partial charge in [0.1, 0.15) is 0 Å². The summed E-state index contributed by atoms with van der Waals surface area (Å²) in [7, 11) is 0. The zero-order chi connectivity index (χ0) is 15.6. The molecule has 0 saturated carbocycles. The van der Waals surface area contributed by atoms with Gasteiger partial charge >= 0.3 is 11.9 Å². The van der Waals surface area contributed by atoms with Gasteiger partial charge in [0.05, 0.1) is 5.56 Å². The summed E-state index contributed by atoms with van der Waals surface area (Å²) >= 11 is 0. The van der Waals surface area contributed by atoms with Gasteiger partial charge in [-0.1, -0.05) is 6.07 Å². The highest BCUT2D eigenvalue weighted by atomic mass is 16.4. The molecule has 2 N–H and O–H groups in total. The van der Waals surface area contributed by atoms with Crippen LogP contribution in [-0.4, -0.2) is 26.7 Å². The average Bonchev–Trinajstić information content (AvgIpc) is 2.75. The SMILES string of the molecule is Cc1ccc(C)n1-c1ccc(CCC(=O)O)c(C(=O)O)c1. The number of benzene rings is 1. The van der Waals surface area contributed by atoms with Crippen LogP contribution in [0.1, 0.15) is 33.7 Å². The van der Waals surface area contributed by atoms with E-state index in [4.69, 9.17) is 5.11 Å². The van der Waals surface area contributed by atoms with Crippen molar-refractivity contribution in [3.05, 3.63) is 52.8 Å². The van der Waals surface area contributed by atoms with Crippen molar-refractivity contribution in [2.45, 2.75) is 26.7 Å². The maximum absolute atomic E-state index is 11.4. The Labute approximate surface area is 122 Å². The average molecular weight is 287 g/mol. The molecular formula is C16H17NO4. The summed E-state index contributed by atoms with van der Waals surface area (Å²) in [4.78, 5) is 22.0. The van der Waals surface area contributed by atoms with Crippen molar-refractivity contribution in [3.63, 3.8) is 0 Å². The second-order valence-electron chi connectivity index (χ2n) is 4.99. The lowest BCUT2D eigenvalue weighted by Crippen LogP contribution is -2.08. The fourth-order valence-electron chi connectivity index (χ4n) is 2.44. The van der Waals surface area contributed by atoms with Crippen molar-refractivity contribution in [2.24, 2.45) is 0 Å². The standard InChI is InChI=1S/C16H17NO4/c1-10-3-4-11(2)17(10)13-7-5-12(6-8-15(18)19)14(9-13)16(20)21/h3-5,7,9H,6,8H2,1-2H3,(H,18,19)(H,20,21). The van der Waals surface area contributed by atoms with E-state index < -0.39 is 11.9 Å². The van der Waals surface area contributed by atoms with Gasteiger partial charge in [0.25, 0.3) is 0 Å². The topological polar surface area (TPSA) is 79.5 Å². The van der Waals surface area contributed by atoms with Crippen molar-refractivity contribution < 1.29 is 19.8 Å². The first-order valence-corrected chi connectivity index (χ1v) is 6.63. The molecule has 5 heteroatoms. The molecule has 1 aromatic heterocycles. The van der Waals surface area contributed by atoms with Crippen LogP contribution in [0.4, 0.5) is 0 Å². The van der Waals surface area contributed by atoms with Crippen LogP contribution >= 0.6 is 0 Å². The summed E-state index contributed by atoms with van der Waals surface area (Å²) in [6.07, 6.45) is 0.127. The molecule has 0 aliphatic heterocycles. The summed E-state index contributed by atoms with van der Waals surface area (Å²) in [5.41, 5.74) is 3.49. The van der Waals surface area contributed by atoms with Gasteiger partial charge in [-0.05, 0) is 50.1 Å². The second kappa shape index (κ2) is 5.83. The third-order valence-corrected chi connectivity index (χ3v) is 3.46. The number of aromatic nitrogens is 1. The number of rotatable bonds is 5. The van der Waals surface area contributed by atoms with Gasteiger partial charge in [-0.15, -0.1) is 0 Å². The van der Waals surface area contributed by atoms with Gasteiger partial charge in [0.2, 0.25) is 0 Å². The fraction of sp³-hybridized carbons (Fsp3) is 0.250. The van der Waals surface area contributed by atoms with E-state index in [0.29, 0.717) is 5.56 Å². The summed E-state index contributed by atoms with van der Waals surface area (Å²) in [5, 5.41) is 18.1.